The Morgan fingerprint density at radius 3 is 2.71 bits per heavy atom. The molecule has 0 fully saturated rings. The van der Waals surface area contributed by atoms with Crippen LogP contribution in [0.15, 0.2) is 36.4 Å². The first-order valence-electron chi connectivity index (χ1n) is 6.80. The molecule has 0 saturated carbocycles. The van der Waals surface area contributed by atoms with Crippen LogP contribution in [0.4, 0.5) is 10.5 Å². The van der Waals surface area contributed by atoms with E-state index >= 15 is 0 Å². The van der Waals surface area contributed by atoms with E-state index in [0.29, 0.717) is 22.7 Å². The molecular weight excluding hydrogens is 336 g/mol. The van der Waals surface area contributed by atoms with E-state index in [1.54, 1.807) is 18.2 Å². The maximum atomic E-state index is 11.7. The van der Waals surface area contributed by atoms with E-state index in [1.165, 1.54) is 25.3 Å². The van der Waals surface area contributed by atoms with Crippen molar-refractivity contribution in [3.8, 4) is 17.2 Å². The number of aromatic hydroxyl groups is 1. The van der Waals surface area contributed by atoms with E-state index in [1.807, 2.05) is 5.43 Å². The SMILES string of the molecule is COc1cccc(N(N)C(=O)NN)c1COc1ccc(O)cc1Cl. The second kappa shape index (κ2) is 7.73. The van der Waals surface area contributed by atoms with Gasteiger partial charge in [0.15, 0.2) is 0 Å². The van der Waals surface area contributed by atoms with Gasteiger partial charge in [-0.1, -0.05) is 17.7 Å². The fraction of sp³-hybridized carbons (Fsp3) is 0.133. The third-order valence-electron chi connectivity index (χ3n) is 3.22. The molecule has 0 saturated heterocycles. The molecule has 9 heteroatoms. The molecule has 24 heavy (non-hydrogen) atoms. The first-order chi connectivity index (χ1) is 11.5. The fourth-order valence-corrected chi connectivity index (χ4v) is 2.28. The summed E-state index contributed by atoms with van der Waals surface area (Å²) in [5.41, 5.74) is 2.83. The summed E-state index contributed by atoms with van der Waals surface area (Å²) < 4.78 is 10.9. The lowest BCUT2D eigenvalue weighted by atomic mass is 10.1. The summed E-state index contributed by atoms with van der Waals surface area (Å²) in [4.78, 5) is 11.7. The number of hydrazine groups is 2. The Balaban J connectivity index is 2.32. The summed E-state index contributed by atoms with van der Waals surface area (Å²) in [6, 6.07) is 8.63. The minimum atomic E-state index is -0.702. The van der Waals surface area contributed by atoms with Gasteiger partial charge in [-0.05, 0) is 24.3 Å². The van der Waals surface area contributed by atoms with Crippen molar-refractivity contribution in [1.82, 2.24) is 5.43 Å². The zero-order valence-corrected chi connectivity index (χ0v) is 13.6. The van der Waals surface area contributed by atoms with Gasteiger partial charge in [0.05, 0.1) is 23.4 Å². The Morgan fingerprint density at radius 2 is 2.08 bits per heavy atom. The van der Waals surface area contributed by atoms with Crippen LogP contribution in [-0.2, 0) is 6.61 Å². The highest BCUT2D eigenvalue weighted by atomic mass is 35.5. The zero-order valence-electron chi connectivity index (χ0n) is 12.8. The Labute approximate surface area is 143 Å². The van der Waals surface area contributed by atoms with E-state index < -0.39 is 6.03 Å². The molecule has 0 heterocycles. The third kappa shape index (κ3) is 3.80. The third-order valence-corrected chi connectivity index (χ3v) is 3.51. The molecule has 0 aliphatic rings. The first kappa shape index (κ1) is 17.7. The molecule has 0 atom stereocenters. The van der Waals surface area contributed by atoms with Gasteiger partial charge in [-0.2, -0.15) is 0 Å². The molecule has 6 N–H and O–H groups in total. The van der Waals surface area contributed by atoms with Gasteiger partial charge in [-0.15, -0.1) is 0 Å². The molecular formula is C15H17ClN4O4. The Morgan fingerprint density at radius 1 is 1.33 bits per heavy atom. The lowest BCUT2D eigenvalue weighted by molar-refractivity contribution is 0.246. The Kier molecular flexibility index (Phi) is 5.69. The van der Waals surface area contributed by atoms with Gasteiger partial charge in [0.2, 0.25) is 0 Å². The average Bonchev–Trinajstić information content (AvgIpc) is 2.59. The number of carbonyl (C=O) groups excluding carboxylic acids is 1. The number of methoxy groups -OCH3 is 1. The molecule has 0 radical (unpaired) electrons. The highest BCUT2D eigenvalue weighted by Gasteiger charge is 2.18. The van der Waals surface area contributed by atoms with Crippen molar-refractivity contribution in [3.63, 3.8) is 0 Å². The van der Waals surface area contributed by atoms with Crippen LogP contribution in [0, 0.1) is 0 Å². The van der Waals surface area contributed by atoms with Crippen molar-refractivity contribution in [3.05, 3.63) is 47.0 Å². The van der Waals surface area contributed by atoms with Crippen molar-refractivity contribution >= 4 is 23.3 Å². The van der Waals surface area contributed by atoms with Gasteiger partial charge in [-0.3, -0.25) is 5.43 Å². The molecule has 2 aromatic carbocycles. The number of hydrogen-bond acceptors (Lipinski definition) is 6. The quantitative estimate of drug-likeness (QED) is 0.370. The molecule has 2 rings (SSSR count). The standard InChI is InChI=1S/C15H17ClN4O4/c1-23-13-4-2-3-12(20(18)15(22)19-17)10(13)8-24-14-6-5-9(21)7-11(14)16/h2-7,21H,8,17-18H2,1H3,(H,19,22). The normalized spacial score (nSPS) is 10.2. The van der Waals surface area contributed by atoms with E-state index in [9.17, 15) is 9.90 Å². The molecule has 128 valence electrons. The number of rotatable bonds is 5. The number of nitrogens with one attached hydrogen (secondary N) is 1. The fourth-order valence-electron chi connectivity index (χ4n) is 2.05. The maximum absolute atomic E-state index is 11.7. The van der Waals surface area contributed by atoms with Gasteiger partial charge in [0.1, 0.15) is 23.9 Å². The number of benzene rings is 2. The lowest BCUT2D eigenvalue weighted by Crippen LogP contribution is -2.48. The van der Waals surface area contributed by atoms with Gasteiger partial charge < -0.3 is 14.6 Å². The van der Waals surface area contributed by atoms with Crippen LogP contribution in [0.2, 0.25) is 5.02 Å². The smallest absolute Gasteiger partial charge is 0.350 e. The van der Waals surface area contributed by atoms with Crippen LogP contribution in [0.1, 0.15) is 5.56 Å². The molecule has 0 aliphatic heterocycles. The number of amides is 2. The summed E-state index contributed by atoms with van der Waals surface area (Å²) in [5.74, 6) is 11.7. The van der Waals surface area contributed by atoms with Crippen LogP contribution in [-0.4, -0.2) is 18.2 Å². The number of nitrogens with two attached hydrogens (primary N) is 2. The highest BCUT2D eigenvalue weighted by molar-refractivity contribution is 6.32. The van der Waals surface area contributed by atoms with Gasteiger partial charge in [-0.25, -0.2) is 21.5 Å². The first-order valence-corrected chi connectivity index (χ1v) is 7.18. The lowest BCUT2D eigenvalue weighted by Gasteiger charge is -2.21. The summed E-state index contributed by atoms with van der Waals surface area (Å²) in [5, 5.41) is 10.5. The van der Waals surface area contributed by atoms with Crippen molar-refractivity contribution in [2.24, 2.45) is 11.7 Å². The number of hydrogen-bond donors (Lipinski definition) is 4. The van der Waals surface area contributed by atoms with Crippen LogP contribution in [0.25, 0.3) is 0 Å². The highest BCUT2D eigenvalue weighted by Crippen LogP contribution is 2.32. The number of urea groups is 1. The van der Waals surface area contributed by atoms with Crippen LogP contribution < -0.4 is 31.6 Å². The molecule has 2 aromatic rings. The van der Waals surface area contributed by atoms with Crippen molar-refractivity contribution < 1.29 is 19.4 Å². The summed E-state index contributed by atoms with van der Waals surface area (Å²) in [6.45, 7) is 0.0232. The number of phenols is 1. The molecule has 0 bridgehead atoms. The van der Waals surface area contributed by atoms with Crippen LogP contribution in [0.5, 0.6) is 17.2 Å². The van der Waals surface area contributed by atoms with Crippen LogP contribution in [0.3, 0.4) is 0 Å². The molecule has 0 spiro atoms. The molecule has 8 nitrogen and oxygen atoms in total. The van der Waals surface area contributed by atoms with E-state index in [-0.39, 0.29) is 17.4 Å². The molecule has 0 aliphatic carbocycles. The Bertz CT molecular complexity index is 741. The van der Waals surface area contributed by atoms with E-state index in [0.717, 1.165) is 5.01 Å². The van der Waals surface area contributed by atoms with Crippen LogP contribution >= 0.6 is 11.6 Å². The minimum Gasteiger partial charge on any atom is -0.508 e. The maximum Gasteiger partial charge on any atom is 0.350 e. The summed E-state index contributed by atoms with van der Waals surface area (Å²) >= 11 is 6.01. The monoisotopic (exact) mass is 352 g/mol. The van der Waals surface area contributed by atoms with E-state index in [2.05, 4.69) is 0 Å². The molecule has 2 amide bonds. The van der Waals surface area contributed by atoms with Gasteiger partial charge in [0, 0.05) is 6.07 Å². The molecule has 0 unspecified atom stereocenters. The number of anilines is 1. The topological polar surface area (TPSA) is 123 Å². The second-order valence-corrected chi connectivity index (χ2v) is 5.09. The number of nitrogens with zero attached hydrogens (tertiary/aromatic N) is 1. The average molecular weight is 353 g/mol. The van der Waals surface area contributed by atoms with Gasteiger partial charge in [0.25, 0.3) is 0 Å². The van der Waals surface area contributed by atoms with Gasteiger partial charge >= 0.3 is 6.03 Å². The summed E-state index contributed by atoms with van der Waals surface area (Å²) in [6.07, 6.45) is 0. The largest absolute Gasteiger partial charge is 0.508 e. The number of carbonyl (C=O) groups is 1. The van der Waals surface area contributed by atoms with Crippen molar-refractivity contribution in [1.29, 1.82) is 0 Å². The number of ether oxygens (including phenoxy) is 2. The van der Waals surface area contributed by atoms with Crippen molar-refractivity contribution in [2.45, 2.75) is 6.61 Å². The Hall–Kier alpha value is -2.68. The predicted molar refractivity (Wildman–Crippen MR) is 89.8 cm³/mol. The molecule has 0 aromatic heterocycles. The number of phenolic OH excluding ortho intramolecular Hbond substituents is 1. The summed E-state index contributed by atoms with van der Waals surface area (Å²) in [7, 11) is 1.49. The zero-order chi connectivity index (χ0) is 17.7. The van der Waals surface area contributed by atoms with Crippen molar-refractivity contribution in [2.75, 3.05) is 12.1 Å². The minimum absolute atomic E-state index is 0.0232. The second-order valence-electron chi connectivity index (χ2n) is 4.68. The van der Waals surface area contributed by atoms with E-state index in [4.69, 9.17) is 32.8 Å². The predicted octanol–water partition coefficient (Wildman–Crippen LogP) is 1.90. The number of halogens is 1.